The Labute approximate surface area is 103 Å². The molecule has 2 rings (SSSR count). The predicted octanol–water partition coefficient (Wildman–Crippen LogP) is 0.959. The van der Waals surface area contributed by atoms with E-state index in [9.17, 15) is 10.1 Å². The number of hydrogen-bond donors (Lipinski definition) is 2. The number of hydrogen-bond acceptors (Lipinski definition) is 6. The Hall–Kier alpha value is -2.35. The Morgan fingerprint density at radius 2 is 2.39 bits per heavy atom. The SMILES string of the molecule is CC(NCc1cccc([N+](=O)[O-])c1)c1nn[nH]n1. The van der Waals surface area contributed by atoms with E-state index in [1.165, 1.54) is 12.1 Å². The second-order valence-electron chi connectivity index (χ2n) is 3.80. The molecule has 0 bridgehead atoms. The van der Waals surface area contributed by atoms with Gasteiger partial charge in [-0.15, -0.1) is 10.2 Å². The summed E-state index contributed by atoms with van der Waals surface area (Å²) in [7, 11) is 0. The van der Waals surface area contributed by atoms with Gasteiger partial charge >= 0.3 is 0 Å². The molecule has 0 aliphatic carbocycles. The van der Waals surface area contributed by atoms with E-state index in [2.05, 4.69) is 25.9 Å². The number of aromatic amines is 1. The smallest absolute Gasteiger partial charge is 0.269 e. The average molecular weight is 248 g/mol. The van der Waals surface area contributed by atoms with Gasteiger partial charge in [0.1, 0.15) is 0 Å². The summed E-state index contributed by atoms with van der Waals surface area (Å²) in [5, 5.41) is 27.3. The van der Waals surface area contributed by atoms with Gasteiger partial charge in [0, 0.05) is 18.7 Å². The summed E-state index contributed by atoms with van der Waals surface area (Å²) in [5.74, 6) is 0.556. The van der Waals surface area contributed by atoms with Crippen molar-refractivity contribution in [2.24, 2.45) is 0 Å². The van der Waals surface area contributed by atoms with Crippen LogP contribution in [0.4, 0.5) is 5.69 Å². The van der Waals surface area contributed by atoms with E-state index < -0.39 is 4.92 Å². The van der Waals surface area contributed by atoms with Crippen LogP contribution in [0.15, 0.2) is 24.3 Å². The Morgan fingerprint density at radius 3 is 3.06 bits per heavy atom. The number of H-pyrrole nitrogens is 1. The number of nitro benzene ring substituents is 1. The van der Waals surface area contributed by atoms with Crippen molar-refractivity contribution in [3.63, 3.8) is 0 Å². The fourth-order valence-electron chi connectivity index (χ4n) is 1.50. The molecule has 0 amide bonds. The lowest BCUT2D eigenvalue weighted by Crippen LogP contribution is -2.19. The van der Waals surface area contributed by atoms with Crippen LogP contribution in [0.2, 0.25) is 0 Å². The van der Waals surface area contributed by atoms with Crippen molar-refractivity contribution in [1.82, 2.24) is 25.9 Å². The lowest BCUT2D eigenvalue weighted by molar-refractivity contribution is -0.384. The highest BCUT2D eigenvalue weighted by Gasteiger charge is 2.10. The molecule has 1 atom stereocenters. The summed E-state index contributed by atoms with van der Waals surface area (Å²) in [5.41, 5.74) is 0.918. The Balaban J connectivity index is 1.98. The molecule has 2 aromatic rings. The van der Waals surface area contributed by atoms with Gasteiger partial charge in [0.25, 0.3) is 5.69 Å². The molecule has 0 aliphatic heterocycles. The van der Waals surface area contributed by atoms with Crippen LogP contribution >= 0.6 is 0 Å². The summed E-state index contributed by atoms with van der Waals surface area (Å²) < 4.78 is 0. The van der Waals surface area contributed by atoms with Crippen molar-refractivity contribution in [2.45, 2.75) is 19.5 Å². The minimum absolute atomic E-state index is 0.0805. The van der Waals surface area contributed by atoms with E-state index in [1.807, 2.05) is 13.0 Å². The zero-order chi connectivity index (χ0) is 13.0. The van der Waals surface area contributed by atoms with Gasteiger partial charge in [-0.05, 0) is 12.5 Å². The topological polar surface area (TPSA) is 110 Å². The predicted molar refractivity (Wildman–Crippen MR) is 62.5 cm³/mol. The second-order valence-corrected chi connectivity index (χ2v) is 3.80. The first-order valence-corrected chi connectivity index (χ1v) is 5.37. The molecule has 0 saturated carbocycles. The van der Waals surface area contributed by atoms with E-state index in [4.69, 9.17) is 0 Å². The minimum atomic E-state index is -0.411. The monoisotopic (exact) mass is 248 g/mol. The zero-order valence-electron chi connectivity index (χ0n) is 9.70. The quantitative estimate of drug-likeness (QED) is 0.602. The third-order valence-corrected chi connectivity index (χ3v) is 2.48. The van der Waals surface area contributed by atoms with Crippen molar-refractivity contribution in [1.29, 1.82) is 0 Å². The maximum Gasteiger partial charge on any atom is 0.269 e. The normalized spacial score (nSPS) is 12.3. The lowest BCUT2D eigenvalue weighted by atomic mass is 10.2. The molecule has 18 heavy (non-hydrogen) atoms. The minimum Gasteiger partial charge on any atom is -0.303 e. The van der Waals surface area contributed by atoms with Gasteiger partial charge in [-0.3, -0.25) is 10.1 Å². The molecule has 1 unspecified atom stereocenters. The molecular formula is C10H12N6O2. The van der Waals surface area contributed by atoms with Gasteiger partial charge in [0.2, 0.25) is 0 Å². The molecule has 0 spiro atoms. The largest absolute Gasteiger partial charge is 0.303 e. The molecule has 0 saturated heterocycles. The van der Waals surface area contributed by atoms with Gasteiger partial charge < -0.3 is 5.32 Å². The number of nitrogens with zero attached hydrogens (tertiary/aromatic N) is 4. The summed E-state index contributed by atoms with van der Waals surface area (Å²) in [6.07, 6.45) is 0. The van der Waals surface area contributed by atoms with Crippen LogP contribution < -0.4 is 5.32 Å². The number of non-ortho nitro benzene ring substituents is 1. The highest BCUT2D eigenvalue weighted by Crippen LogP contribution is 2.14. The summed E-state index contributed by atoms with van der Waals surface area (Å²) in [4.78, 5) is 10.2. The Bertz CT molecular complexity index is 527. The maximum absolute atomic E-state index is 10.6. The second kappa shape index (κ2) is 5.32. The van der Waals surface area contributed by atoms with Crippen LogP contribution in [-0.2, 0) is 6.54 Å². The highest BCUT2D eigenvalue weighted by molar-refractivity contribution is 5.34. The van der Waals surface area contributed by atoms with Gasteiger partial charge in [0.05, 0.1) is 11.0 Å². The molecule has 0 fully saturated rings. The molecule has 8 heteroatoms. The fraction of sp³-hybridized carbons (Fsp3) is 0.300. The Kier molecular flexibility index (Phi) is 3.58. The molecule has 2 N–H and O–H groups in total. The van der Waals surface area contributed by atoms with E-state index in [-0.39, 0.29) is 11.7 Å². The van der Waals surface area contributed by atoms with Crippen LogP contribution in [0.5, 0.6) is 0 Å². The van der Waals surface area contributed by atoms with Gasteiger partial charge in [0.15, 0.2) is 5.82 Å². The average Bonchev–Trinajstić information content (AvgIpc) is 2.90. The van der Waals surface area contributed by atoms with Crippen LogP contribution in [0.3, 0.4) is 0 Å². The third kappa shape index (κ3) is 2.86. The first-order valence-electron chi connectivity index (χ1n) is 5.37. The standard InChI is InChI=1S/C10H12N6O2/c1-7(10-12-14-15-13-10)11-6-8-3-2-4-9(5-8)16(17)18/h2-5,7,11H,6H2,1H3,(H,12,13,14,15). The maximum atomic E-state index is 10.6. The number of nitrogens with one attached hydrogen (secondary N) is 2. The van der Waals surface area contributed by atoms with E-state index >= 15 is 0 Å². The number of benzene rings is 1. The lowest BCUT2D eigenvalue weighted by Gasteiger charge is -2.09. The number of aromatic nitrogens is 4. The highest BCUT2D eigenvalue weighted by atomic mass is 16.6. The van der Waals surface area contributed by atoms with Crippen molar-refractivity contribution in [2.75, 3.05) is 0 Å². The molecule has 0 aliphatic rings. The summed E-state index contributed by atoms with van der Waals surface area (Å²) >= 11 is 0. The van der Waals surface area contributed by atoms with Gasteiger partial charge in [-0.1, -0.05) is 17.3 Å². The van der Waals surface area contributed by atoms with Crippen LogP contribution in [0.25, 0.3) is 0 Å². The molecule has 1 heterocycles. The van der Waals surface area contributed by atoms with E-state index in [0.717, 1.165) is 5.56 Å². The van der Waals surface area contributed by atoms with Crippen LogP contribution in [-0.4, -0.2) is 25.5 Å². The molecular weight excluding hydrogens is 236 g/mol. The third-order valence-electron chi connectivity index (χ3n) is 2.48. The number of rotatable bonds is 5. The van der Waals surface area contributed by atoms with Crippen molar-refractivity contribution < 1.29 is 4.92 Å². The van der Waals surface area contributed by atoms with E-state index in [1.54, 1.807) is 6.07 Å². The molecule has 1 aromatic heterocycles. The first-order chi connectivity index (χ1) is 8.66. The van der Waals surface area contributed by atoms with Crippen molar-refractivity contribution in [3.8, 4) is 0 Å². The van der Waals surface area contributed by atoms with Crippen molar-refractivity contribution >= 4 is 5.69 Å². The van der Waals surface area contributed by atoms with E-state index in [0.29, 0.717) is 12.4 Å². The number of tetrazole rings is 1. The van der Waals surface area contributed by atoms with Crippen LogP contribution in [0.1, 0.15) is 24.4 Å². The molecule has 1 aromatic carbocycles. The summed E-state index contributed by atoms with van der Waals surface area (Å²) in [6, 6.07) is 6.40. The van der Waals surface area contributed by atoms with Gasteiger partial charge in [-0.25, -0.2) is 0 Å². The molecule has 94 valence electrons. The summed E-state index contributed by atoms with van der Waals surface area (Å²) in [6.45, 7) is 2.39. The van der Waals surface area contributed by atoms with Crippen LogP contribution in [0, 0.1) is 10.1 Å². The zero-order valence-corrected chi connectivity index (χ0v) is 9.70. The molecule has 8 nitrogen and oxygen atoms in total. The Morgan fingerprint density at radius 1 is 1.56 bits per heavy atom. The first kappa shape index (κ1) is 12.1. The van der Waals surface area contributed by atoms with Crippen molar-refractivity contribution in [3.05, 3.63) is 45.8 Å². The fourth-order valence-corrected chi connectivity index (χ4v) is 1.50. The molecule has 0 radical (unpaired) electrons. The van der Waals surface area contributed by atoms with Gasteiger partial charge in [-0.2, -0.15) is 5.21 Å². The number of nitro groups is 1.